The van der Waals surface area contributed by atoms with Crippen LogP contribution in [0.4, 0.5) is 4.39 Å². The van der Waals surface area contributed by atoms with Crippen molar-refractivity contribution in [2.75, 3.05) is 19.7 Å². The van der Waals surface area contributed by atoms with Gasteiger partial charge in [0.05, 0.1) is 10.5 Å². The van der Waals surface area contributed by atoms with Gasteiger partial charge in [-0.05, 0) is 61.7 Å². The van der Waals surface area contributed by atoms with Crippen LogP contribution in [0, 0.1) is 5.82 Å². The topological polar surface area (TPSA) is 66.8 Å². The fourth-order valence-electron chi connectivity index (χ4n) is 3.06. The van der Waals surface area contributed by atoms with E-state index in [1.807, 2.05) is 0 Å². The Morgan fingerprint density at radius 1 is 1.15 bits per heavy atom. The molecule has 0 radical (unpaired) electrons. The molecule has 2 aromatic carbocycles. The summed E-state index contributed by atoms with van der Waals surface area (Å²) in [5, 5.41) is 11.2. The molecule has 0 aromatic heterocycles. The van der Waals surface area contributed by atoms with Gasteiger partial charge >= 0.3 is 0 Å². The summed E-state index contributed by atoms with van der Waals surface area (Å²) in [7, 11) is -3.67. The smallest absolute Gasteiger partial charge is 0.243 e. The van der Waals surface area contributed by atoms with Crippen LogP contribution < -0.4 is 4.74 Å². The van der Waals surface area contributed by atoms with Crippen molar-refractivity contribution in [3.05, 3.63) is 59.4 Å². The molecule has 1 heterocycles. The zero-order valence-corrected chi connectivity index (χ0v) is 16.2. The molecule has 5 nitrogen and oxygen atoms in total. The third kappa shape index (κ3) is 4.99. The number of nitrogens with zero attached hydrogens (tertiary/aromatic N) is 1. The van der Waals surface area contributed by atoms with E-state index in [0.29, 0.717) is 30.2 Å². The number of rotatable bonds is 5. The zero-order valence-electron chi connectivity index (χ0n) is 14.6. The fourth-order valence-corrected chi connectivity index (χ4v) is 4.84. The zero-order chi connectivity index (χ0) is 19.5. The molecule has 8 heteroatoms. The highest BCUT2D eigenvalue weighted by Crippen LogP contribution is 2.28. The van der Waals surface area contributed by atoms with Crippen LogP contribution in [0.15, 0.2) is 53.4 Å². The second kappa shape index (κ2) is 8.14. The molecule has 27 heavy (non-hydrogen) atoms. The summed E-state index contributed by atoms with van der Waals surface area (Å²) in [6.45, 7) is 0.509. The van der Waals surface area contributed by atoms with Crippen molar-refractivity contribution >= 4 is 21.6 Å². The Bertz CT molecular complexity index is 891. The van der Waals surface area contributed by atoms with E-state index in [2.05, 4.69) is 0 Å². The van der Waals surface area contributed by atoms with Crippen molar-refractivity contribution in [1.82, 2.24) is 4.31 Å². The summed E-state index contributed by atoms with van der Waals surface area (Å²) in [6.07, 6.45) is 1.16. The van der Waals surface area contributed by atoms with Gasteiger partial charge in [0.25, 0.3) is 0 Å². The molecule has 0 bridgehead atoms. The fraction of sp³-hybridized carbons (Fsp3) is 0.368. The van der Waals surface area contributed by atoms with Gasteiger partial charge in [0.1, 0.15) is 18.2 Å². The van der Waals surface area contributed by atoms with E-state index in [1.54, 1.807) is 12.1 Å². The van der Waals surface area contributed by atoms with E-state index in [4.69, 9.17) is 16.3 Å². The minimum atomic E-state index is -3.67. The Morgan fingerprint density at radius 3 is 2.59 bits per heavy atom. The van der Waals surface area contributed by atoms with Crippen LogP contribution in [0.1, 0.15) is 19.3 Å². The average molecular weight is 414 g/mol. The normalized spacial score (nSPS) is 21.6. The SMILES string of the molecule is O=S(=O)(c1cccc(Cl)c1)N1CCCC(O)(COc2ccc(F)cc2)CC1. The molecule has 1 N–H and O–H groups in total. The first-order valence-electron chi connectivity index (χ1n) is 8.65. The highest BCUT2D eigenvalue weighted by Gasteiger charge is 2.35. The second-order valence-corrected chi connectivity index (χ2v) is 9.06. The van der Waals surface area contributed by atoms with Gasteiger partial charge in [-0.15, -0.1) is 0 Å². The molecule has 0 amide bonds. The summed E-state index contributed by atoms with van der Waals surface area (Å²) in [4.78, 5) is 0.142. The molecule has 0 saturated carbocycles. The van der Waals surface area contributed by atoms with Gasteiger partial charge in [-0.3, -0.25) is 0 Å². The van der Waals surface area contributed by atoms with E-state index in [9.17, 15) is 17.9 Å². The minimum Gasteiger partial charge on any atom is -0.491 e. The lowest BCUT2D eigenvalue weighted by Crippen LogP contribution is -2.38. The van der Waals surface area contributed by atoms with Gasteiger partial charge in [0.15, 0.2) is 0 Å². The Labute approximate surface area is 163 Å². The standard InChI is InChI=1S/C19H21ClFNO4S/c20-15-3-1-4-18(13-15)27(24,25)22-11-2-9-19(23,10-12-22)14-26-17-7-5-16(21)6-8-17/h1,3-8,13,23H,2,9-12,14H2. The number of sulfonamides is 1. The van der Waals surface area contributed by atoms with Crippen LogP contribution >= 0.6 is 11.6 Å². The van der Waals surface area contributed by atoms with Gasteiger partial charge in [0, 0.05) is 18.1 Å². The maximum absolute atomic E-state index is 13.0. The summed E-state index contributed by atoms with van der Waals surface area (Å²) < 4.78 is 45.6. The molecule has 1 atom stereocenters. The first kappa shape index (κ1) is 20.1. The molecule has 2 aromatic rings. The predicted molar refractivity (Wildman–Crippen MR) is 101 cm³/mol. The molecule has 1 fully saturated rings. The van der Waals surface area contributed by atoms with Gasteiger partial charge in [-0.2, -0.15) is 4.31 Å². The first-order chi connectivity index (χ1) is 12.8. The van der Waals surface area contributed by atoms with E-state index < -0.39 is 15.6 Å². The molecule has 0 aliphatic carbocycles. The predicted octanol–water partition coefficient (Wildman–Crippen LogP) is 3.46. The Balaban J connectivity index is 1.66. The number of hydrogen-bond donors (Lipinski definition) is 1. The number of hydrogen-bond acceptors (Lipinski definition) is 4. The molecule has 1 saturated heterocycles. The lowest BCUT2D eigenvalue weighted by Gasteiger charge is -2.27. The molecular formula is C19H21ClFNO4S. The largest absolute Gasteiger partial charge is 0.491 e. The number of aliphatic hydroxyl groups is 1. The Hall–Kier alpha value is -1.67. The number of halogens is 2. The third-order valence-electron chi connectivity index (χ3n) is 4.63. The van der Waals surface area contributed by atoms with Crippen LogP contribution in [-0.4, -0.2) is 43.1 Å². The molecule has 1 aliphatic heterocycles. The van der Waals surface area contributed by atoms with E-state index in [-0.39, 0.29) is 30.3 Å². The van der Waals surface area contributed by atoms with Crippen molar-refractivity contribution < 1.29 is 22.7 Å². The van der Waals surface area contributed by atoms with Crippen molar-refractivity contribution in [2.24, 2.45) is 0 Å². The lowest BCUT2D eigenvalue weighted by atomic mass is 9.96. The monoisotopic (exact) mass is 413 g/mol. The summed E-state index contributed by atoms with van der Waals surface area (Å²) >= 11 is 5.91. The summed E-state index contributed by atoms with van der Waals surface area (Å²) in [5.74, 6) is 0.0925. The van der Waals surface area contributed by atoms with Crippen molar-refractivity contribution in [3.63, 3.8) is 0 Å². The Morgan fingerprint density at radius 2 is 1.89 bits per heavy atom. The van der Waals surface area contributed by atoms with Crippen molar-refractivity contribution in [3.8, 4) is 5.75 Å². The van der Waals surface area contributed by atoms with Crippen LogP contribution in [0.2, 0.25) is 5.02 Å². The third-order valence-corrected chi connectivity index (χ3v) is 6.76. The molecule has 3 rings (SSSR count). The number of ether oxygens (including phenoxy) is 1. The van der Waals surface area contributed by atoms with Gasteiger partial charge in [-0.25, -0.2) is 12.8 Å². The molecule has 1 unspecified atom stereocenters. The molecule has 146 valence electrons. The van der Waals surface area contributed by atoms with E-state index in [0.717, 1.165) is 0 Å². The minimum absolute atomic E-state index is 0.0175. The maximum atomic E-state index is 13.0. The van der Waals surface area contributed by atoms with E-state index in [1.165, 1.54) is 40.7 Å². The highest BCUT2D eigenvalue weighted by atomic mass is 35.5. The van der Waals surface area contributed by atoms with Crippen LogP contribution in [0.25, 0.3) is 0 Å². The maximum Gasteiger partial charge on any atom is 0.243 e. The van der Waals surface area contributed by atoms with Crippen LogP contribution in [-0.2, 0) is 10.0 Å². The Kier molecular flexibility index (Phi) is 6.05. The summed E-state index contributed by atoms with van der Waals surface area (Å²) in [5.41, 5.74) is -1.15. The molecule has 1 aliphatic rings. The second-order valence-electron chi connectivity index (χ2n) is 6.68. The van der Waals surface area contributed by atoms with Crippen molar-refractivity contribution in [1.29, 1.82) is 0 Å². The lowest BCUT2D eigenvalue weighted by molar-refractivity contribution is -0.0156. The molecule has 0 spiro atoms. The average Bonchev–Trinajstić information content (AvgIpc) is 2.84. The van der Waals surface area contributed by atoms with Crippen molar-refractivity contribution in [2.45, 2.75) is 29.8 Å². The highest BCUT2D eigenvalue weighted by molar-refractivity contribution is 7.89. The van der Waals surface area contributed by atoms with E-state index >= 15 is 0 Å². The quantitative estimate of drug-likeness (QED) is 0.815. The number of benzene rings is 2. The van der Waals surface area contributed by atoms with Crippen LogP contribution in [0.5, 0.6) is 5.75 Å². The summed E-state index contributed by atoms with van der Waals surface area (Å²) in [6, 6.07) is 11.7. The van der Waals surface area contributed by atoms with Gasteiger partial charge < -0.3 is 9.84 Å². The van der Waals surface area contributed by atoms with Gasteiger partial charge in [0.2, 0.25) is 10.0 Å². The molecular weight excluding hydrogens is 393 g/mol. The van der Waals surface area contributed by atoms with Crippen LogP contribution in [0.3, 0.4) is 0 Å². The van der Waals surface area contributed by atoms with Gasteiger partial charge in [-0.1, -0.05) is 17.7 Å². The first-order valence-corrected chi connectivity index (χ1v) is 10.5.